The summed E-state index contributed by atoms with van der Waals surface area (Å²) in [7, 11) is 0. The lowest BCUT2D eigenvalue weighted by Crippen LogP contribution is -2.45. The van der Waals surface area contributed by atoms with E-state index in [1.165, 1.54) is 11.8 Å². The molecule has 0 radical (unpaired) electrons. The number of likely N-dealkylation sites (tertiary alicyclic amines) is 1. The largest absolute Gasteiger partial charge is 0.480 e. The summed E-state index contributed by atoms with van der Waals surface area (Å²) < 4.78 is 0. The van der Waals surface area contributed by atoms with Gasteiger partial charge >= 0.3 is 5.97 Å². The first-order chi connectivity index (χ1) is 7.47. The number of carbonyl (C=O) groups excluding carboxylic acids is 2. The highest BCUT2D eigenvalue weighted by atomic mass is 16.4. The number of carbonyl (C=O) groups is 3. The molecule has 1 unspecified atom stereocenters. The summed E-state index contributed by atoms with van der Waals surface area (Å²) >= 11 is 0. The molecule has 1 aliphatic rings. The van der Waals surface area contributed by atoms with E-state index in [4.69, 9.17) is 5.11 Å². The summed E-state index contributed by atoms with van der Waals surface area (Å²) in [6.45, 7) is 3.72. The van der Waals surface area contributed by atoms with Gasteiger partial charge in [-0.2, -0.15) is 0 Å². The third-order valence-electron chi connectivity index (χ3n) is 2.51. The molecule has 0 aromatic carbocycles. The predicted molar refractivity (Wildman–Crippen MR) is 55.6 cm³/mol. The maximum Gasteiger partial charge on any atom is 0.320 e. The maximum absolute atomic E-state index is 11.7. The minimum absolute atomic E-state index is 0.0520. The van der Waals surface area contributed by atoms with Crippen molar-refractivity contribution in [3.63, 3.8) is 0 Å². The van der Waals surface area contributed by atoms with Crippen molar-refractivity contribution in [2.75, 3.05) is 6.54 Å². The quantitative estimate of drug-likeness (QED) is 0.624. The van der Waals surface area contributed by atoms with Crippen LogP contribution in [-0.2, 0) is 14.4 Å². The Bertz CT molecular complexity index is 316. The van der Waals surface area contributed by atoms with E-state index in [-0.39, 0.29) is 18.2 Å². The Labute approximate surface area is 93.6 Å². The van der Waals surface area contributed by atoms with Crippen LogP contribution in [0, 0.1) is 0 Å². The molecular formula is C10H16N2O4. The highest BCUT2D eigenvalue weighted by Crippen LogP contribution is 2.13. The molecule has 0 aliphatic carbocycles. The van der Waals surface area contributed by atoms with Crippen LogP contribution in [0.25, 0.3) is 0 Å². The van der Waals surface area contributed by atoms with Crippen LogP contribution in [0.15, 0.2) is 0 Å². The second-order valence-corrected chi connectivity index (χ2v) is 3.87. The van der Waals surface area contributed by atoms with Crippen molar-refractivity contribution in [2.24, 2.45) is 0 Å². The highest BCUT2D eigenvalue weighted by Gasteiger charge is 2.38. The molecule has 6 nitrogen and oxygen atoms in total. The third kappa shape index (κ3) is 2.57. The molecule has 0 bridgehead atoms. The number of carboxylic acid groups (broad SMARTS) is 1. The van der Waals surface area contributed by atoms with Gasteiger partial charge in [0.15, 0.2) is 0 Å². The van der Waals surface area contributed by atoms with Crippen molar-refractivity contribution in [3.05, 3.63) is 0 Å². The summed E-state index contributed by atoms with van der Waals surface area (Å²) in [4.78, 5) is 35.0. The number of carboxylic acids is 1. The topological polar surface area (TPSA) is 86.7 Å². The molecule has 2 atom stereocenters. The van der Waals surface area contributed by atoms with Crippen LogP contribution in [0.5, 0.6) is 0 Å². The number of amides is 2. The van der Waals surface area contributed by atoms with Gasteiger partial charge in [0.1, 0.15) is 6.04 Å². The number of hydrogen-bond acceptors (Lipinski definition) is 4. The zero-order valence-corrected chi connectivity index (χ0v) is 9.40. The van der Waals surface area contributed by atoms with Crippen LogP contribution in [-0.4, -0.2) is 46.4 Å². The Morgan fingerprint density at radius 1 is 1.62 bits per heavy atom. The maximum atomic E-state index is 11.7. The third-order valence-corrected chi connectivity index (χ3v) is 2.51. The molecule has 1 aliphatic heterocycles. The van der Waals surface area contributed by atoms with Crippen molar-refractivity contribution < 1.29 is 19.5 Å². The van der Waals surface area contributed by atoms with Crippen molar-refractivity contribution in [3.8, 4) is 0 Å². The van der Waals surface area contributed by atoms with E-state index in [9.17, 15) is 14.4 Å². The Balaban J connectivity index is 2.62. The number of rotatable bonds is 5. The van der Waals surface area contributed by atoms with E-state index in [0.717, 1.165) is 0 Å². The molecule has 0 aromatic rings. The first-order valence-electron chi connectivity index (χ1n) is 5.30. The number of nitrogens with zero attached hydrogens (tertiary/aromatic N) is 1. The van der Waals surface area contributed by atoms with Crippen LogP contribution in [0.3, 0.4) is 0 Å². The Kier molecular flexibility index (Phi) is 4.00. The van der Waals surface area contributed by atoms with Gasteiger partial charge in [0.2, 0.25) is 11.8 Å². The van der Waals surface area contributed by atoms with Crippen LogP contribution >= 0.6 is 0 Å². The summed E-state index contributed by atoms with van der Waals surface area (Å²) in [5.74, 6) is -1.59. The van der Waals surface area contributed by atoms with E-state index in [0.29, 0.717) is 13.0 Å². The zero-order valence-electron chi connectivity index (χ0n) is 9.40. The molecule has 2 amide bonds. The molecule has 0 spiro atoms. The fraction of sp³-hybridized carbons (Fsp3) is 0.700. The Morgan fingerprint density at radius 3 is 2.75 bits per heavy atom. The average molecular weight is 228 g/mol. The van der Waals surface area contributed by atoms with Gasteiger partial charge in [0.25, 0.3) is 0 Å². The number of aliphatic carboxylic acids is 1. The standard InChI is InChI=1S/C10H16N2O4/c1-3-4-12-8(13)5-7(9(12)14)11-6(2)10(15)16/h6-7,11H,3-5H2,1-2H3,(H,15,16)/t6-,7?/m1/s1. The zero-order chi connectivity index (χ0) is 12.3. The Morgan fingerprint density at radius 2 is 2.25 bits per heavy atom. The highest BCUT2D eigenvalue weighted by molar-refractivity contribution is 6.05. The minimum atomic E-state index is -1.03. The summed E-state index contributed by atoms with van der Waals surface area (Å²) in [6, 6.07) is -1.52. The predicted octanol–water partition coefficient (Wildman–Crippen LogP) is -0.413. The van der Waals surface area contributed by atoms with Gasteiger partial charge in [-0.25, -0.2) is 0 Å². The molecule has 1 rings (SSSR count). The molecule has 1 fully saturated rings. The normalized spacial score (nSPS) is 22.6. The lowest BCUT2D eigenvalue weighted by atomic mass is 10.2. The number of hydrogen-bond donors (Lipinski definition) is 2. The van der Waals surface area contributed by atoms with E-state index in [1.54, 1.807) is 0 Å². The molecule has 90 valence electrons. The van der Waals surface area contributed by atoms with Crippen LogP contribution in [0.4, 0.5) is 0 Å². The van der Waals surface area contributed by atoms with Crippen molar-refractivity contribution in [2.45, 2.75) is 38.8 Å². The van der Waals surface area contributed by atoms with Gasteiger partial charge in [-0.1, -0.05) is 6.92 Å². The second kappa shape index (κ2) is 5.07. The molecular weight excluding hydrogens is 212 g/mol. The smallest absolute Gasteiger partial charge is 0.320 e. The van der Waals surface area contributed by atoms with Gasteiger partial charge in [-0.15, -0.1) is 0 Å². The monoisotopic (exact) mass is 228 g/mol. The lowest BCUT2D eigenvalue weighted by Gasteiger charge is -2.16. The van der Waals surface area contributed by atoms with Gasteiger partial charge < -0.3 is 5.11 Å². The molecule has 2 N–H and O–H groups in total. The van der Waals surface area contributed by atoms with Crippen molar-refractivity contribution in [1.82, 2.24) is 10.2 Å². The van der Waals surface area contributed by atoms with E-state index in [2.05, 4.69) is 5.32 Å². The van der Waals surface area contributed by atoms with Gasteiger partial charge in [0, 0.05) is 6.54 Å². The number of nitrogens with one attached hydrogen (secondary N) is 1. The van der Waals surface area contributed by atoms with E-state index < -0.39 is 18.1 Å². The minimum Gasteiger partial charge on any atom is -0.480 e. The molecule has 0 saturated carbocycles. The van der Waals surface area contributed by atoms with Crippen molar-refractivity contribution >= 4 is 17.8 Å². The SMILES string of the molecule is CCCN1C(=O)CC(N[C@H](C)C(=O)O)C1=O. The van der Waals surface area contributed by atoms with E-state index >= 15 is 0 Å². The first-order valence-corrected chi connectivity index (χ1v) is 5.30. The average Bonchev–Trinajstić information content (AvgIpc) is 2.46. The first kappa shape index (κ1) is 12.6. The van der Waals surface area contributed by atoms with Gasteiger partial charge in [0.05, 0.1) is 12.5 Å². The Hall–Kier alpha value is -1.43. The fourth-order valence-corrected chi connectivity index (χ4v) is 1.64. The molecule has 16 heavy (non-hydrogen) atoms. The van der Waals surface area contributed by atoms with Crippen molar-refractivity contribution in [1.29, 1.82) is 0 Å². The second-order valence-electron chi connectivity index (χ2n) is 3.87. The molecule has 0 aromatic heterocycles. The van der Waals surface area contributed by atoms with Gasteiger partial charge in [-0.05, 0) is 13.3 Å². The van der Waals surface area contributed by atoms with Crippen LogP contribution in [0.2, 0.25) is 0 Å². The summed E-state index contributed by atoms with van der Waals surface area (Å²) in [5, 5.41) is 11.3. The van der Waals surface area contributed by atoms with Gasteiger partial charge in [-0.3, -0.25) is 24.6 Å². The molecule has 1 heterocycles. The van der Waals surface area contributed by atoms with Crippen LogP contribution < -0.4 is 5.32 Å². The summed E-state index contributed by atoms with van der Waals surface area (Å²) in [5.41, 5.74) is 0. The lowest BCUT2D eigenvalue weighted by molar-refractivity contribution is -0.139. The number of imide groups is 1. The van der Waals surface area contributed by atoms with E-state index in [1.807, 2.05) is 6.92 Å². The summed E-state index contributed by atoms with van der Waals surface area (Å²) in [6.07, 6.45) is 0.759. The molecule has 6 heteroatoms. The van der Waals surface area contributed by atoms with Crippen LogP contribution in [0.1, 0.15) is 26.7 Å². The molecule has 1 saturated heterocycles. The fourth-order valence-electron chi connectivity index (χ4n) is 1.64.